The third-order valence-electron chi connectivity index (χ3n) is 3.61. The zero-order valence-electron chi connectivity index (χ0n) is 12.2. The van der Waals surface area contributed by atoms with Crippen LogP contribution in [0.5, 0.6) is 0 Å². The summed E-state index contributed by atoms with van der Waals surface area (Å²) in [7, 11) is 0. The second-order valence-corrected chi connectivity index (χ2v) is 5.44. The lowest BCUT2D eigenvalue weighted by Gasteiger charge is -2.22. The van der Waals surface area contributed by atoms with Gasteiger partial charge >= 0.3 is 5.97 Å². The number of carboxylic acids is 1. The SMILES string of the molecule is O=C(O)CCCCCCNC(=O)CCC1CCCCO1. The standard InChI is InChI=1S/C15H27NO4/c17-14(10-9-13-7-4-6-12-20-13)16-11-5-2-1-3-8-15(18)19/h13H,1-12H2,(H,16,17)(H,18,19). The number of amides is 1. The number of hydrogen-bond acceptors (Lipinski definition) is 3. The number of hydrogen-bond donors (Lipinski definition) is 2. The van der Waals surface area contributed by atoms with E-state index in [9.17, 15) is 9.59 Å². The van der Waals surface area contributed by atoms with Crippen LogP contribution in [0, 0.1) is 0 Å². The topological polar surface area (TPSA) is 75.6 Å². The van der Waals surface area contributed by atoms with Crippen LogP contribution in [0.15, 0.2) is 0 Å². The molecule has 1 saturated heterocycles. The predicted octanol–water partition coefficient (Wildman–Crippen LogP) is 2.49. The van der Waals surface area contributed by atoms with Gasteiger partial charge in [0.15, 0.2) is 0 Å². The summed E-state index contributed by atoms with van der Waals surface area (Å²) in [5.41, 5.74) is 0. The predicted molar refractivity (Wildman–Crippen MR) is 76.6 cm³/mol. The van der Waals surface area contributed by atoms with Gasteiger partial charge in [0, 0.05) is 26.0 Å². The third kappa shape index (κ3) is 8.91. The monoisotopic (exact) mass is 285 g/mol. The molecule has 0 radical (unpaired) electrons. The summed E-state index contributed by atoms with van der Waals surface area (Å²) < 4.78 is 5.59. The van der Waals surface area contributed by atoms with Crippen molar-refractivity contribution < 1.29 is 19.4 Å². The molecule has 0 aromatic carbocycles. The Morgan fingerprint density at radius 1 is 1.10 bits per heavy atom. The van der Waals surface area contributed by atoms with Crippen molar-refractivity contribution in [3.05, 3.63) is 0 Å². The van der Waals surface area contributed by atoms with Crippen molar-refractivity contribution in [2.45, 2.75) is 70.3 Å². The summed E-state index contributed by atoms with van der Waals surface area (Å²) in [4.78, 5) is 21.9. The number of aliphatic carboxylic acids is 1. The van der Waals surface area contributed by atoms with Gasteiger partial charge in [-0.2, -0.15) is 0 Å². The van der Waals surface area contributed by atoms with Crippen molar-refractivity contribution in [1.82, 2.24) is 5.32 Å². The second-order valence-electron chi connectivity index (χ2n) is 5.44. The lowest BCUT2D eigenvalue weighted by molar-refractivity contribution is -0.137. The zero-order chi connectivity index (χ0) is 14.6. The lowest BCUT2D eigenvalue weighted by Crippen LogP contribution is -2.27. The van der Waals surface area contributed by atoms with E-state index in [2.05, 4.69) is 5.32 Å². The summed E-state index contributed by atoms with van der Waals surface area (Å²) in [6.07, 6.45) is 8.85. The minimum absolute atomic E-state index is 0.102. The second kappa shape index (κ2) is 10.7. The molecule has 116 valence electrons. The van der Waals surface area contributed by atoms with Crippen LogP contribution in [-0.4, -0.2) is 36.2 Å². The molecule has 20 heavy (non-hydrogen) atoms. The Hall–Kier alpha value is -1.10. The summed E-state index contributed by atoms with van der Waals surface area (Å²) in [5, 5.41) is 11.4. The van der Waals surface area contributed by atoms with Crippen LogP contribution in [0.25, 0.3) is 0 Å². The Morgan fingerprint density at radius 2 is 1.90 bits per heavy atom. The van der Waals surface area contributed by atoms with E-state index in [1.807, 2.05) is 0 Å². The molecule has 1 heterocycles. The highest BCUT2D eigenvalue weighted by Crippen LogP contribution is 2.16. The first-order valence-corrected chi connectivity index (χ1v) is 7.78. The molecule has 1 rings (SSSR count). The van der Waals surface area contributed by atoms with Crippen molar-refractivity contribution in [2.75, 3.05) is 13.2 Å². The Labute approximate surface area is 121 Å². The molecule has 2 N–H and O–H groups in total. The third-order valence-corrected chi connectivity index (χ3v) is 3.61. The van der Waals surface area contributed by atoms with E-state index >= 15 is 0 Å². The zero-order valence-corrected chi connectivity index (χ0v) is 12.2. The number of carboxylic acid groups (broad SMARTS) is 1. The summed E-state index contributed by atoms with van der Waals surface area (Å²) in [6, 6.07) is 0. The Bertz CT molecular complexity index is 288. The van der Waals surface area contributed by atoms with E-state index in [-0.39, 0.29) is 18.4 Å². The van der Waals surface area contributed by atoms with Gasteiger partial charge in [-0.25, -0.2) is 0 Å². The smallest absolute Gasteiger partial charge is 0.303 e. The van der Waals surface area contributed by atoms with Gasteiger partial charge in [-0.3, -0.25) is 9.59 Å². The number of carbonyl (C=O) groups is 2. The van der Waals surface area contributed by atoms with Gasteiger partial charge in [0.2, 0.25) is 5.91 Å². The first kappa shape index (κ1) is 17.0. The van der Waals surface area contributed by atoms with E-state index in [0.717, 1.165) is 51.6 Å². The largest absolute Gasteiger partial charge is 0.481 e. The molecule has 0 spiro atoms. The molecule has 0 saturated carbocycles. The number of carbonyl (C=O) groups excluding carboxylic acids is 1. The molecule has 1 unspecified atom stereocenters. The van der Waals surface area contributed by atoms with Crippen molar-refractivity contribution >= 4 is 11.9 Å². The first-order chi connectivity index (χ1) is 9.68. The van der Waals surface area contributed by atoms with Gasteiger partial charge in [0.05, 0.1) is 6.10 Å². The van der Waals surface area contributed by atoms with Crippen LogP contribution in [-0.2, 0) is 14.3 Å². The fourth-order valence-electron chi connectivity index (χ4n) is 2.40. The molecular formula is C15H27NO4. The van der Waals surface area contributed by atoms with Crippen LogP contribution in [0.1, 0.15) is 64.2 Å². The lowest BCUT2D eigenvalue weighted by atomic mass is 10.0. The van der Waals surface area contributed by atoms with E-state index < -0.39 is 5.97 Å². The minimum Gasteiger partial charge on any atom is -0.481 e. The minimum atomic E-state index is -0.733. The number of ether oxygens (including phenoxy) is 1. The van der Waals surface area contributed by atoms with E-state index in [1.54, 1.807) is 0 Å². The van der Waals surface area contributed by atoms with E-state index in [0.29, 0.717) is 13.0 Å². The van der Waals surface area contributed by atoms with Crippen molar-refractivity contribution in [2.24, 2.45) is 0 Å². The average Bonchev–Trinajstić information content (AvgIpc) is 2.45. The van der Waals surface area contributed by atoms with Gasteiger partial charge < -0.3 is 15.2 Å². The molecule has 0 aromatic rings. The van der Waals surface area contributed by atoms with Gasteiger partial charge in [-0.15, -0.1) is 0 Å². The molecule has 1 atom stereocenters. The average molecular weight is 285 g/mol. The maximum atomic E-state index is 11.6. The molecule has 1 aliphatic heterocycles. The molecule has 5 nitrogen and oxygen atoms in total. The van der Waals surface area contributed by atoms with Crippen molar-refractivity contribution in [1.29, 1.82) is 0 Å². The maximum absolute atomic E-state index is 11.6. The Morgan fingerprint density at radius 3 is 2.60 bits per heavy atom. The summed E-state index contributed by atoms with van der Waals surface area (Å²) >= 11 is 0. The fourth-order valence-corrected chi connectivity index (χ4v) is 2.40. The summed E-state index contributed by atoms with van der Waals surface area (Å²) in [5.74, 6) is -0.632. The first-order valence-electron chi connectivity index (χ1n) is 7.78. The van der Waals surface area contributed by atoms with Crippen molar-refractivity contribution in [3.63, 3.8) is 0 Å². The number of nitrogens with one attached hydrogen (secondary N) is 1. The number of rotatable bonds is 10. The van der Waals surface area contributed by atoms with Gasteiger partial charge in [-0.1, -0.05) is 12.8 Å². The van der Waals surface area contributed by atoms with E-state index in [4.69, 9.17) is 9.84 Å². The molecule has 0 aromatic heterocycles. The van der Waals surface area contributed by atoms with Crippen LogP contribution in [0.4, 0.5) is 0 Å². The highest BCUT2D eigenvalue weighted by Gasteiger charge is 2.14. The fraction of sp³-hybridized carbons (Fsp3) is 0.867. The van der Waals surface area contributed by atoms with Gasteiger partial charge in [0.25, 0.3) is 0 Å². The van der Waals surface area contributed by atoms with Crippen LogP contribution in [0.3, 0.4) is 0 Å². The molecule has 1 amide bonds. The van der Waals surface area contributed by atoms with Crippen molar-refractivity contribution in [3.8, 4) is 0 Å². The van der Waals surface area contributed by atoms with Gasteiger partial charge in [-0.05, 0) is 38.5 Å². The Kier molecular flexibility index (Phi) is 9.04. The van der Waals surface area contributed by atoms with E-state index in [1.165, 1.54) is 6.42 Å². The van der Waals surface area contributed by atoms with Crippen LogP contribution in [0.2, 0.25) is 0 Å². The molecule has 5 heteroatoms. The van der Waals surface area contributed by atoms with Crippen LogP contribution < -0.4 is 5.32 Å². The molecule has 1 aliphatic rings. The quantitative estimate of drug-likeness (QED) is 0.605. The molecule has 1 fully saturated rings. The van der Waals surface area contributed by atoms with Crippen LogP contribution >= 0.6 is 0 Å². The molecule has 0 bridgehead atoms. The number of unbranched alkanes of at least 4 members (excludes halogenated alkanes) is 3. The summed E-state index contributed by atoms with van der Waals surface area (Å²) in [6.45, 7) is 1.53. The maximum Gasteiger partial charge on any atom is 0.303 e. The normalized spacial score (nSPS) is 18.7. The van der Waals surface area contributed by atoms with Gasteiger partial charge in [0.1, 0.15) is 0 Å². The highest BCUT2D eigenvalue weighted by molar-refractivity contribution is 5.75. The molecular weight excluding hydrogens is 258 g/mol. The highest BCUT2D eigenvalue weighted by atomic mass is 16.5. The Balaban J connectivity index is 1.88. The molecule has 0 aliphatic carbocycles.